The summed E-state index contributed by atoms with van der Waals surface area (Å²) in [7, 11) is 0. The standard InChI is InChI=1S/C3H8O3.C3H6O2/c4-1-3(6)2-5;4-2-1-3(2)5/h3-6H,1-2H2;2-5H,1H2. The zero-order valence-corrected chi connectivity index (χ0v) is 6.09. The van der Waals surface area contributed by atoms with Gasteiger partial charge in [0.05, 0.1) is 25.4 Å². The first kappa shape index (κ1) is 10.8. The summed E-state index contributed by atoms with van der Waals surface area (Å²) < 4.78 is 0. The zero-order chi connectivity index (χ0) is 8.85. The average molecular weight is 166 g/mol. The van der Waals surface area contributed by atoms with Crippen LogP contribution in [0, 0.1) is 0 Å². The highest BCUT2D eigenvalue weighted by Gasteiger charge is 2.32. The van der Waals surface area contributed by atoms with Gasteiger partial charge in [-0.15, -0.1) is 0 Å². The monoisotopic (exact) mass is 166 g/mol. The molecule has 0 bridgehead atoms. The smallest absolute Gasteiger partial charge is 0.100 e. The summed E-state index contributed by atoms with van der Waals surface area (Å²) in [4.78, 5) is 0. The van der Waals surface area contributed by atoms with Crippen molar-refractivity contribution in [2.24, 2.45) is 0 Å². The van der Waals surface area contributed by atoms with Gasteiger partial charge in [0.15, 0.2) is 0 Å². The van der Waals surface area contributed by atoms with E-state index in [1.807, 2.05) is 0 Å². The van der Waals surface area contributed by atoms with Gasteiger partial charge in [0, 0.05) is 6.42 Å². The molecule has 0 aliphatic heterocycles. The molecular formula is C6H14O5. The van der Waals surface area contributed by atoms with E-state index in [4.69, 9.17) is 25.5 Å². The van der Waals surface area contributed by atoms with Crippen LogP contribution < -0.4 is 0 Å². The third-order valence-electron chi connectivity index (χ3n) is 1.15. The fourth-order valence-electron chi connectivity index (χ4n) is 0.227. The molecule has 68 valence electrons. The minimum Gasteiger partial charge on any atom is -0.394 e. The SMILES string of the molecule is OC1CC1O.OCC(O)CO. The maximum absolute atomic E-state index is 8.19. The van der Waals surface area contributed by atoms with E-state index < -0.39 is 18.3 Å². The Bertz CT molecular complexity index is 87.0. The van der Waals surface area contributed by atoms with Crippen LogP contribution in [-0.2, 0) is 0 Å². The Morgan fingerprint density at radius 2 is 1.36 bits per heavy atom. The van der Waals surface area contributed by atoms with Crippen LogP contribution in [0.3, 0.4) is 0 Å². The predicted octanol–water partition coefficient (Wildman–Crippen LogP) is -2.56. The van der Waals surface area contributed by atoms with Gasteiger partial charge in [0.25, 0.3) is 0 Å². The molecule has 1 rings (SSSR count). The van der Waals surface area contributed by atoms with E-state index in [1.165, 1.54) is 0 Å². The Morgan fingerprint density at radius 3 is 1.36 bits per heavy atom. The van der Waals surface area contributed by atoms with Crippen LogP contribution in [0.5, 0.6) is 0 Å². The largest absolute Gasteiger partial charge is 0.394 e. The lowest BCUT2D eigenvalue weighted by Gasteiger charge is -1.96. The van der Waals surface area contributed by atoms with Crippen molar-refractivity contribution in [3.63, 3.8) is 0 Å². The van der Waals surface area contributed by atoms with Crippen LogP contribution in [0.15, 0.2) is 0 Å². The van der Waals surface area contributed by atoms with E-state index in [0.29, 0.717) is 6.42 Å². The van der Waals surface area contributed by atoms with E-state index in [1.54, 1.807) is 0 Å². The van der Waals surface area contributed by atoms with Crippen LogP contribution in [-0.4, -0.2) is 57.1 Å². The van der Waals surface area contributed by atoms with Crippen molar-refractivity contribution in [2.45, 2.75) is 24.7 Å². The maximum atomic E-state index is 8.19. The lowest BCUT2D eigenvalue weighted by molar-refractivity contribution is 0.0450. The van der Waals surface area contributed by atoms with Crippen molar-refractivity contribution in [1.29, 1.82) is 0 Å². The summed E-state index contributed by atoms with van der Waals surface area (Å²) in [6.07, 6.45) is -1.16. The van der Waals surface area contributed by atoms with Gasteiger partial charge in [0.2, 0.25) is 0 Å². The van der Waals surface area contributed by atoms with Crippen molar-refractivity contribution in [1.82, 2.24) is 0 Å². The molecule has 11 heavy (non-hydrogen) atoms. The second kappa shape index (κ2) is 5.45. The van der Waals surface area contributed by atoms with E-state index in [0.717, 1.165) is 0 Å². The molecule has 0 saturated heterocycles. The van der Waals surface area contributed by atoms with Gasteiger partial charge in [-0.2, -0.15) is 0 Å². The number of aliphatic hydroxyl groups is 5. The Balaban J connectivity index is 0.000000183. The molecule has 0 aromatic heterocycles. The first-order valence-electron chi connectivity index (χ1n) is 3.37. The summed E-state index contributed by atoms with van der Waals surface area (Å²) in [6, 6.07) is 0. The van der Waals surface area contributed by atoms with Gasteiger partial charge in [-0.1, -0.05) is 0 Å². The Hall–Kier alpha value is -0.200. The fraction of sp³-hybridized carbons (Fsp3) is 1.00. The highest BCUT2D eigenvalue weighted by molar-refractivity contribution is 4.84. The van der Waals surface area contributed by atoms with Crippen molar-refractivity contribution in [2.75, 3.05) is 13.2 Å². The van der Waals surface area contributed by atoms with Gasteiger partial charge in [-0.3, -0.25) is 0 Å². The second-order valence-electron chi connectivity index (χ2n) is 2.39. The molecule has 2 unspecified atom stereocenters. The number of rotatable bonds is 2. The molecule has 0 aromatic carbocycles. The molecule has 0 spiro atoms. The molecule has 1 aliphatic rings. The van der Waals surface area contributed by atoms with E-state index in [2.05, 4.69) is 0 Å². The first-order chi connectivity index (χ1) is 5.11. The van der Waals surface area contributed by atoms with Crippen molar-refractivity contribution >= 4 is 0 Å². The fourth-order valence-corrected chi connectivity index (χ4v) is 0.227. The third-order valence-corrected chi connectivity index (χ3v) is 1.15. The molecule has 5 heteroatoms. The number of aliphatic hydroxyl groups excluding tert-OH is 5. The molecule has 0 amide bonds. The van der Waals surface area contributed by atoms with Crippen LogP contribution in [0.2, 0.25) is 0 Å². The molecule has 5 nitrogen and oxygen atoms in total. The van der Waals surface area contributed by atoms with Gasteiger partial charge >= 0.3 is 0 Å². The molecule has 2 atom stereocenters. The maximum Gasteiger partial charge on any atom is 0.100 e. The summed E-state index contributed by atoms with van der Waals surface area (Å²) >= 11 is 0. The van der Waals surface area contributed by atoms with Gasteiger partial charge in [0.1, 0.15) is 6.10 Å². The lowest BCUT2D eigenvalue weighted by Crippen LogP contribution is -2.15. The molecular weight excluding hydrogens is 152 g/mol. The van der Waals surface area contributed by atoms with Crippen LogP contribution in [0.1, 0.15) is 6.42 Å². The molecule has 1 fully saturated rings. The Morgan fingerprint density at radius 1 is 1.09 bits per heavy atom. The predicted molar refractivity (Wildman–Crippen MR) is 36.8 cm³/mol. The molecule has 1 saturated carbocycles. The van der Waals surface area contributed by atoms with Crippen LogP contribution >= 0.6 is 0 Å². The quantitative estimate of drug-likeness (QED) is 0.311. The Kier molecular flexibility index (Phi) is 5.35. The molecule has 1 aliphatic carbocycles. The minimum atomic E-state index is -0.954. The van der Waals surface area contributed by atoms with Gasteiger partial charge in [-0.25, -0.2) is 0 Å². The summed E-state index contributed by atoms with van der Waals surface area (Å²) in [5.41, 5.74) is 0. The lowest BCUT2D eigenvalue weighted by atomic mass is 10.4. The zero-order valence-electron chi connectivity index (χ0n) is 6.09. The number of hydrogen-bond acceptors (Lipinski definition) is 5. The Labute approximate surface area is 64.5 Å². The second-order valence-corrected chi connectivity index (χ2v) is 2.39. The van der Waals surface area contributed by atoms with Crippen molar-refractivity contribution < 1.29 is 25.5 Å². The minimum absolute atomic E-state index is 0.365. The number of hydrogen-bond donors (Lipinski definition) is 5. The molecule has 0 radical (unpaired) electrons. The average Bonchev–Trinajstić information content (AvgIpc) is 2.64. The van der Waals surface area contributed by atoms with Gasteiger partial charge in [-0.05, 0) is 0 Å². The highest BCUT2D eigenvalue weighted by atomic mass is 16.4. The normalized spacial score (nSPS) is 27.8. The summed E-state index contributed by atoms with van der Waals surface area (Å²) in [5, 5.41) is 40.4. The first-order valence-corrected chi connectivity index (χ1v) is 3.37. The topological polar surface area (TPSA) is 101 Å². The van der Waals surface area contributed by atoms with Gasteiger partial charge < -0.3 is 25.5 Å². The van der Waals surface area contributed by atoms with E-state index in [9.17, 15) is 0 Å². The van der Waals surface area contributed by atoms with Crippen molar-refractivity contribution in [3.05, 3.63) is 0 Å². The molecule has 0 heterocycles. The summed E-state index contributed by atoms with van der Waals surface area (Å²) in [5.74, 6) is 0. The van der Waals surface area contributed by atoms with Crippen molar-refractivity contribution in [3.8, 4) is 0 Å². The van der Waals surface area contributed by atoms with Crippen LogP contribution in [0.4, 0.5) is 0 Å². The van der Waals surface area contributed by atoms with Crippen LogP contribution in [0.25, 0.3) is 0 Å². The molecule has 5 N–H and O–H groups in total. The highest BCUT2D eigenvalue weighted by Crippen LogP contribution is 2.18. The summed E-state index contributed by atoms with van der Waals surface area (Å²) in [6.45, 7) is -0.729. The van der Waals surface area contributed by atoms with E-state index in [-0.39, 0.29) is 13.2 Å². The van der Waals surface area contributed by atoms with E-state index >= 15 is 0 Å². The molecule has 0 aromatic rings. The third kappa shape index (κ3) is 6.21.